The maximum absolute atomic E-state index is 10.8. The molecule has 80 valence electrons. The van der Waals surface area contributed by atoms with Gasteiger partial charge in [0.1, 0.15) is 0 Å². The van der Waals surface area contributed by atoms with E-state index in [1.165, 1.54) is 12.3 Å². The fourth-order valence-electron chi connectivity index (χ4n) is 1.49. The van der Waals surface area contributed by atoms with Crippen LogP contribution in [0.25, 0.3) is 0 Å². The molecule has 1 saturated heterocycles. The van der Waals surface area contributed by atoms with Crippen LogP contribution in [0, 0.1) is 0 Å². The van der Waals surface area contributed by atoms with E-state index in [-0.39, 0.29) is 5.56 Å². The maximum atomic E-state index is 10.8. The molecule has 0 amide bonds. The molecule has 1 fully saturated rings. The van der Waals surface area contributed by atoms with Crippen molar-refractivity contribution in [1.29, 1.82) is 0 Å². The Bertz CT molecular complexity index is 385. The SMILES string of the molecule is CC1(c2cncc(C(=O)O)c2)OCCO1. The molecule has 1 aromatic rings. The van der Waals surface area contributed by atoms with Gasteiger partial charge >= 0.3 is 5.97 Å². The Morgan fingerprint density at radius 1 is 1.47 bits per heavy atom. The zero-order valence-electron chi connectivity index (χ0n) is 8.27. The Labute approximate surface area is 86.7 Å². The average molecular weight is 209 g/mol. The van der Waals surface area contributed by atoms with Gasteiger partial charge in [0.25, 0.3) is 0 Å². The molecule has 0 saturated carbocycles. The van der Waals surface area contributed by atoms with E-state index in [0.717, 1.165) is 0 Å². The molecule has 2 heterocycles. The van der Waals surface area contributed by atoms with Crippen LogP contribution in [0.2, 0.25) is 0 Å². The van der Waals surface area contributed by atoms with Gasteiger partial charge in [-0.25, -0.2) is 4.79 Å². The van der Waals surface area contributed by atoms with Crippen LogP contribution in [0.4, 0.5) is 0 Å². The van der Waals surface area contributed by atoms with Gasteiger partial charge in [-0.3, -0.25) is 4.98 Å². The Morgan fingerprint density at radius 3 is 2.73 bits per heavy atom. The summed E-state index contributed by atoms with van der Waals surface area (Å²) >= 11 is 0. The second-order valence-corrected chi connectivity index (χ2v) is 3.41. The lowest BCUT2D eigenvalue weighted by molar-refractivity contribution is -0.149. The Kier molecular flexibility index (Phi) is 2.42. The predicted molar refractivity (Wildman–Crippen MR) is 50.5 cm³/mol. The highest BCUT2D eigenvalue weighted by atomic mass is 16.7. The van der Waals surface area contributed by atoms with Gasteiger partial charge in [0.15, 0.2) is 5.79 Å². The van der Waals surface area contributed by atoms with Gasteiger partial charge in [-0.2, -0.15) is 0 Å². The quantitative estimate of drug-likeness (QED) is 0.786. The van der Waals surface area contributed by atoms with Crippen LogP contribution < -0.4 is 0 Å². The second-order valence-electron chi connectivity index (χ2n) is 3.41. The lowest BCUT2D eigenvalue weighted by Gasteiger charge is -2.22. The van der Waals surface area contributed by atoms with Crippen molar-refractivity contribution in [1.82, 2.24) is 4.98 Å². The van der Waals surface area contributed by atoms with Crippen molar-refractivity contribution in [2.24, 2.45) is 0 Å². The van der Waals surface area contributed by atoms with E-state index in [2.05, 4.69) is 4.98 Å². The van der Waals surface area contributed by atoms with Crippen LogP contribution in [0.15, 0.2) is 18.5 Å². The lowest BCUT2D eigenvalue weighted by Crippen LogP contribution is -2.23. The number of hydrogen-bond acceptors (Lipinski definition) is 4. The van der Waals surface area contributed by atoms with E-state index in [1.54, 1.807) is 13.1 Å². The molecule has 1 aliphatic rings. The monoisotopic (exact) mass is 209 g/mol. The van der Waals surface area contributed by atoms with Crippen molar-refractivity contribution in [2.75, 3.05) is 13.2 Å². The van der Waals surface area contributed by atoms with Crippen LogP contribution in [-0.2, 0) is 15.3 Å². The normalized spacial score (nSPS) is 19.0. The Balaban J connectivity index is 2.36. The first-order chi connectivity index (χ1) is 7.12. The number of pyridine rings is 1. The number of rotatable bonds is 2. The summed E-state index contributed by atoms with van der Waals surface area (Å²) in [4.78, 5) is 14.6. The first kappa shape index (κ1) is 10.1. The minimum absolute atomic E-state index is 0.132. The summed E-state index contributed by atoms with van der Waals surface area (Å²) in [5, 5.41) is 8.81. The van der Waals surface area contributed by atoms with E-state index in [9.17, 15) is 4.79 Å². The summed E-state index contributed by atoms with van der Waals surface area (Å²) in [6.07, 6.45) is 2.85. The number of carbonyl (C=O) groups is 1. The van der Waals surface area contributed by atoms with Gasteiger partial charge in [0.05, 0.1) is 18.8 Å². The maximum Gasteiger partial charge on any atom is 0.337 e. The number of carboxylic acids is 1. The predicted octanol–water partition coefficient (Wildman–Crippen LogP) is 0.999. The number of nitrogens with zero attached hydrogens (tertiary/aromatic N) is 1. The molecule has 0 atom stereocenters. The van der Waals surface area contributed by atoms with E-state index >= 15 is 0 Å². The summed E-state index contributed by atoms with van der Waals surface area (Å²) in [6.45, 7) is 2.77. The highest BCUT2D eigenvalue weighted by molar-refractivity contribution is 5.87. The number of carboxylic acid groups (broad SMARTS) is 1. The van der Waals surface area contributed by atoms with Gasteiger partial charge in [-0.05, 0) is 13.0 Å². The van der Waals surface area contributed by atoms with E-state index in [0.29, 0.717) is 18.8 Å². The zero-order valence-corrected chi connectivity index (χ0v) is 8.27. The van der Waals surface area contributed by atoms with Crippen molar-refractivity contribution in [2.45, 2.75) is 12.7 Å². The molecule has 0 spiro atoms. The minimum atomic E-state index is -1.01. The van der Waals surface area contributed by atoms with Crippen molar-refractivity contribution >= 4 is 5.97 Å². The standard InChI is InChI=1S/C10H11NO4/c1-10(14-2-3-15-10)8-4-7(9(12)13)5-11-6-8/h4-6H,2-3H2,1H3,(H,12,13). The molecule has 0 unspecified atom stereocenters. The van der Waals surface area contributed by atoms with Gasteiger partial charge in [0, 0.05) is 18.0 Å². The van der Waals surface area contributed by atoms with Crippen LogP contribution in [0.5, 0.6) is 0 Å². The minimum Gasteiger partial charge on any atom is -0.478 e. The third-order valence-corrected chi connectivity index (χ3v) is 2.35. The van der Waals surface area contributed by atoms with Gasteiger partial charge in [-0.15, -0.1) is 0 Å². The summed E-state index contributed by atoms with van der Waals surface area (Å²) in [5.74, 6) is -1.87. The van der Waals surface area contributed by atoms with Gasteiger partial charge in [0.2, 0.25) is 0 Å². The molecular formula is C10H11NO4. The molecule has 2 rings (SSSR count). The highest BCUT2D eigenvalue weighted by Crippen LogP contribution is 2.30. The Morgan fingerprint density at radius 2 is 2.13 bits per heavy atom. The number of aromatic nitrogens is 1. The molecule has 0 radical (unpaired) electrons. The summed E-state index contributed by atoms with van der Waals surface area (Å²) in [7, 11) is 0. The molecule has 1 aliphatic heterocycles. The lowest BCUT2D eigenvalue weighted by atomic mass is 10.1. The summed E-state index contributed by atoms with van der Waals surface area (Å²) < 4.78 is 10.8. The fourth-order valence-corrected chi connectivity index (χ4v) is 1.49. The van der Waals surface area contributed by atoms with Crippen molar-refractivity contribution in [3.63, 3.8) is 0 Å². The highest BCUT2D eigenvalue weighted by Gasteiger charge is 2.33. The fraction of sp³-hybridized carbons (Fsp3) is 0.400. The van der Waals surface area contributed by atoms with Crippen molar-refractivity contribution in [3.8, 4) is 0 Å². The molecule has 0 aliphatic carbocycles. The van der Waals surface area contributed by atoms with E-state index in [1.807, 2.05) is 0 Å². The smallest absolute Gasteiger partial charge is 0.337 e. The van der Waals surface area contributed by atoms with Crippen LogP contribution in [0.1, 0.15) is 22.8 Å². The van der Waals surface area contributed by atoms with Gasteiger partial charge in [-0.1, -0.05) is 0 Å². The first-order valence-corrected chi connectivity index (χ1v) is 4.58. The number of ether oxygens (including phenoxy) is 2. The number of aromatic carboxylic acids is 1. The van der Waals surface area contributed by atoms with Crippen molar-refractivity contribution < 1.29 is 19.4 Å². The van der Waals surface area contributed by atoms with Gasteiger partial charge < -0.3 is 14.6 Å². The zero-order chi connectivity index (χ0) is 10.9. The van der Waals surface area contributed by atoms with E-state index in [4.69, 9.17) is 14.6 Å². The molecule has 0 bridgehead atoms. The van der Waals surface area contributed by atoms with Crippen molar-refractivity contribution in [3.05, 3.63) is 29.6 Å². The number of hydrogen-bond donors (Lipinski definition) is 1. The second kappa shape index (κ2) is 3.60. The summed E-state index contributed by atoms with van der Waals surface area (Å²) in [5.41, 5.74) is 0.757. The molecule has 1 aromatic heterocycles. The molecule has 5 nitrogen and oxygen atoms in total. The molecule has 1 N–H and O–H groups in total. The first-order valence-electron chi connectivity index (χ1n) is 4.58. The molecule has 15 heavy (non-hydrogen) atoms. The van der Waals surface area contributed by atoms with E-state index < -0.39 is 11.8 Å². The molecular weight excluding hydrogens is 198 g/mol. The summed E-state index contributed by atoms with van der Waals surface area (Å²) in [6, 6.07) is 1.51. The third kappa shape index (κ3) is 1.84. The topological polar surface area (TPSA) is 68.7 Å². The van der Waals surface area contributed by atoms with Crippen LogP contribution in [-0.4, -0.2) is 29.3 Å². The largest absolute Gasteiger partial charge is 0.478 e. The van der Waals surface area contributed by atoms with Crippen LogP contribution in [0.3, 0.4) is 0 Å². The molecule has 5 heteroatoms. The average Bonchev–Trinajstić information content (AvgIpc) is 2.67. The molecule has 0 aromatic carbocycles. The van der Waals surface area contributed by atoms with Crippen LogP contribution >= 0.6 is 0 Å². The Hall–Kier alpha value is -1.46. The third-order valence-electron chi connectivity index (χ3n) is 2.35.